The Morgan fingerprint density at radius 1 is 0.700 bits per heavy atom. The molecule has 4 aromatic carbocycles. The molecule has 0 aromatic heterocycles. The van der Waals surface area contributed by atoms with Gasteiger partial charge in [-0.1, -0.05) is 90.1 Å². The summed E-state index contributed by atoms with van der Waals surface area (Å²) in [7, 11) is -4.32. The van der Waals surface area contributed by atoms with E-state index in [1.165, 1.54) is 0 Å². The Hall–Kier alpha value is -8.47. The largest absolute Gasteiger partial charge is 0.487 e. The molecule has 100 heavy (non-hydrogen) atoms. The molecule has 4 aromatic rings. The van der Waals surface area contributed by atoms with Gasteiger partial charge in [-0.05, 0) is 179 Å². The Morgan fingerprint density at radius 2 is 1.30 bits per heavy atom. The topological polar surface area (TPSA) is 366 Å². The highest BCUT2D eigenvalue weighted by atomic mass is 35.5. The minimum absolute atomic E-state index is 0.0263. The number of rotatable bonds is 33. The maximum atomic E-state index is 14.8. The number of alkyl carbamates (subject to hydrolysis) is 2. The summed E-state index contributed by atoms with van der Waals surface area (Å²) in [5.74, 6) is -5.52. The maximum absolute atomic E-state index is 14.8. The summed E-state index contributed by atoms with van der Waals surface area (Å²) in [5.41, 5.74) is 10.6. The molecular weight excluding hydrogens is 1350 g/mol. The Morgan fingerprint density at radius 3 is 1.95 bits per heavy atom. The molecule has 0 unspecified atom stereocenters. The highest BCUT2D eigenvalue weighted by Gasteiger charge is 2.37. The lowest BCUT2D eigenvalue weighted by Crippen LogP contribution is -2.60. The van der Waals surface area contributed by atoms with E-state index in [4.69, 9.17) is 45.8 Å². The number of nitrogens with two attached hydrogens (primary N) is 1. The molecule has 1 heterocycles. The molecule has 1 aliphatic heterocycles. The van der Waals surface area contributed by atoms with E-state index in [1.54, 1.807) is 93.5 Å². The quantitative estimate of drug-likeness (QED) is 0.00734. The van der Waals surface area contributed by atoms with Crippen LogP contribution in [-0.4, -0.2) is 153 Å². The fraction of sp³-hybridized carbons (Fsp3) is 0.521. The average Bonchev–Trinajstić information content (AvgIpc) is 1.05. The number of aliphatic imine (C=N–C) groups is 1. The van der Waals surface area contributed by atoms with Gasteiger partial charge < -0.3 is 66.1 Å². The molecule has 6 amide bonds. The molecule has 0 saturated heterocycles. The minimum atomic E-state index is -4.32. The van der Waals surface area contributed by atoms with Gasteiger partial charge in [-0.2, -0.15) is 0 Å². The SMILES string of the molecule is CCOC(=O)CCSC(=O)CNC(=O)[C@H](CCCN=C(N)NS(=O)(=O)c1c(C)c(C)c2c(c1C)CCC(C)(C)O2)NC(=O)[C@H](CC(=O)OC(C)(C)C)NC(=O)[C@H](COC(C)(C)C)NC(=O)[C@H](CCCCNC(=O)OCc1ccccc1Cl)NC(=O)OCC1c2ccccc2-c2ccccc21. The minimum Gasteiger partial charge on any atom is -0.487 e. The van der Waals surface area contributed by atoms with E-state index in [-0.39, 0.29) is 88.0 Å². The first-order valence-corrected chi connectivity index (χ1v) is 36.2. The van der Waals surface area contributed by atoms with Crippen LogP contribution in [-0.2, 0) is 80.3 Å². The molecule has 9 N–H and O–H groups in total. The number of guanidine groups is 1. The predicted octanol–water partition coefficient (Wildman–Crippen LogP) is 8.08. The number of benzene rings is 4. The molecule has 4 atom stereocenters. The number of amides is 6. The lowest BCUT2D eigenvalue weighted by Gasteiger charge is -2.35. The smallest absolute Gasteiger partial charge is 0.407 e. The summed E-state index contributed by atoms with van der Waals surface area (Å²) < 4.78 is 64.5. The summed E-state index contributed by atoms with van der Waals surface area (Å²) in [6.07, 6.45) is -1.17. The van der Waals surface area contributed by atoms with Crippen molar-refractivity contribution in [1.82, 2.24) is 36.6 Å². The van der Waals surface area contributed by atoms with Crippen LogP contribution in [0.15, 0.2) is 82.7 Å². The van der Waals surface area contributed by atoms with Crippen molar-refractivity contribution < 1.29 is 80.0 Å². The van der Waals surface area contributed by atoms with Gasteiger partial charge in [-0.3, -0.25) is 38.6 Å². The van der Waals surface area contributed by atoms with E-state index < -0.39 is 129 Å². The highest BCUT2D eigenvalue weighted by Crippen LogP contribution is 2.45. The molecule has 1 aliphatic carbocycles. The van der Waals surface area contributed by atoms with E-state index in [0.29, 0.717) is 45.9 Å². The molecule has 29 heteroatoms. The van der Waals surface area contributed by atoms with Crippen LogP contribution < -0.4 is 47.1 Å². The van der Waals surface area contributed by atoms with Gasteiger partial charge in [0.25, 0.3) is 10.0 Å². The molecule has 26 nitrogen and oxygen atoms in total. The van der Waals surface area contributed by atoms with Crippen LogP contribution in [0.25, 0.3) is 11.1 Å². The first kappa shape index (κ1) is 80.5. The standard InChI is InChI=1S/C71H96ClN9O17S2/c1-13-93-57(82)32-36-99-59(84)38-76-62(85)53(30-22-35-74-66(73)81-100(91,92)61-43(3)42(2)60-46(44(61)4)31-33-71(11,12)98-60)77-64(87)55(37-58(83)97-70(8,9)10)78-65(88)56(41-96-69(5,6)7)79-63(86)54(29-20-21-34-75-67(89)94-39-45-23-14-19-28-52(45)72)80-68(90)95-40-51-49-26-17-15-24-47(49)48-25-16-18-27-50(48)51/h14-19,23-28,51,53-56H,13,20-22,29-41H2,1-12H3,(H,75,89)(H,76,85)(H,77,87)(H,78,88)(H,79,86)(H,80,90)(H3,73,74,81)/t53-,54-,55-,56-/m0/s1. The van der Waals surface area contributed by atoms with Crippen molar-refractivity contribution in [2.45, 2.75) is 199 Å². The zero-order valence-corrected chi connectivity index (χ0v) is 61.4. The number of ether oxygens (including phenoxy) is 6. The predicted molar refractivity (Wildman–Crippen MR) is 379 cm³/mol. The van der Waals surface area contributed by atoms with Crippen molar-refractivity contribution in [2.24, 2.45) is 10.7 Å². The van der Waals surface area contributed by atoms with Gasteiger partial charge in [0, 0.05) is 35.3 Å². The number of thioether (sulfide) groups is 1. The van der Waals surface area contributed by atoms with Crippen LogP contribution in [0.4, 0.5) is 9.59 Å². The Labute approximate surface area is 594 Å². The fourth-order valence-electron chi connectivity index (χ4n) is 11.2. The molecule has 6 rings (SSSR count). The number of carbonyl (C=O) groups is 9. The van der Waals surface area contributed by atoms with Crippen molar-refractivity contribution in [3.63, 3.8) is 0 Å². The maximum Gasteiger partial charge on any atom is 0.407 e. The second-order valence-corrected chi connectivity index (χ2v) is 30.1. The second kappa shape index (κ2) is 36.7. The fourth-order valence-corrected chi connectivity index (χ4v) is 13.6. The monoisotopic (exact) mass is 1450 g/mol. The summed E-state index contributed by atoms with van der Waals surface area (Å²) >= 11 is 6.99. The number of esters is 2. The van der Waals surface area contributed by atoms with Crippen LogP contribution in [0, 0.1) is 20.8 Å². The zero-order chi connectivity index (χ0) is 73.7. The van der Waals surface area contributed by atoms with E-state index in [9.17, 15) is 51.6 Å². The van der Waals surface area contributed by atoms with Crippen molar-refractivity contribution in [3.05, 3.63) is 117 Å². The third-order valence-corrected chi connectivity index (χ3v) is 19.1. The first-order chi connectivity index (χ1) is 47.1. The van der Waals surface area contributed by atoms with Gasteiger partial charge in [0.1, 0.15) is 54.3 Å². The number of nitrogens with one attached hydrogen (secondary N) is 7. The molecule has 0 saturated carbocycles. The Kier molecular flexibility index (Phi) is 29.6. The van der Waals surface area contributed by atoms with Gasteiger partial charge in [-0.25, -0.2) is 22.7 Å². The van der Waals surface area contributed by atoms with Crippen molar-refractivity contribution in [3.8, 4) is 16.9 Å². The Balaban J connectivity index is 1.22. The normalized spacial score (nSPS) is 14.6. The number of sulfonamides is 1. The summed E-state index contributed by atoms with van der Waals surface area (Å²) in [5, 5.41) is 15.5. The zero-order valence-electron chi connectivity index (χ0n) is 59.0. The molecule has 2 aliphatic rings. The number of halogens is 1. The Bertz CT molecular complexity index is 3720. The van der Waals surface area contributed by atoms with E-state index in [0.717, 1.165) is 39.6 Å². The lowest BCUT2D eigenvalue weighted by molar-refractivity contribution is -0.156. The number of nitrogens with zero attached hydrogens (tertiary/aromatic N) is 1. The summed E-state index contributed by atoms with van der Waals surface area (Å²) in [6.45, 7) is 19.4. The second-order valence-electron chi connectivity index (χ2n) is 26.9. The number of carbonyl (C=O) groups excluding carboxylic acids is 9. The molecule has 0 fully saturated rings. The van der Waals surface area contributed by atoms with Gasteiger partial charge in [-0.15, -0.1) is 0 Å². The molecular formula is C71H96ClN9O17S2. The highest BCUT2D eigenvalue weighted by molar-refractivity contribution is 8.13. The average molecular weight is 1450 g/mol. The first-order valence-electron chi connectivity index (χ1n) is 33.3. The van der Waals surface area contributed by atoms with Crippen LogP contribution in [0.1, 0.15) is 159 Å². The summed E-state index contributed by atoms with van der Waals surface area (Å²) in [4.78, 5) is 128. The molecule has 0 bridgehead atoms. The van der Waals surface area contributed by atoms with Gasteiger partial charge in [0.05, 0.1) is 43.1 Å². The lowest BCUT2D eigenvalue weighted by atomic mass is 9.88. The number of unbranched alkanes of at least 4 members (excludes halogenated alkanes) is 1. The molecule has 546 valence electrons. The van der Waals surface area contributed by atoms with Gasteiger partial charge in [0.2, 0.25) is 34.7 Å². The van der Waals surface area contributed by atoms with Crippen molar-refractivity contribution in [1.29, 1.82) is 0 Å². The van der Waals surface area contributed by atoms with E-state index in [2.05, 4.69) is 41.6 Å². The van der Waals surface area contributed by atoms with E-state index in [1.807, 2.05) is 62.4 Å². The third-order valence-electron chi connectivity index (χ3n) is 16.2. The van der Waals surface area contributed by atoms with Crippen molar-refractivity contribution >= 4 is 92.2 Å². The van der Waals surface area contributed by atoms with Crippen LogP contribution in [0.2, 0.25) is 5.02 Å². The van der Waals surface area contributed by atoms with Crippen LogP contribution >= 0.6 is 23.4 Å². The molecule has 0 spiro atoms. The third kappa shape index (κ3) is 24.7. The number of hydrogen-bond donors (Lipinski definition) is 8. The van der Waals surface area contributed by atoms with Crippen LogP contribution in [0.5, 0.6) is 5.75 Å². The van der Waals surface area contributed by atoms with Crippen molar-refractivity contribution in [2.75, 3.05) is 45.2 Å². The summed E-state index contributed by atoms with van der Waals surface area (Å²) in [6, 6.07) is 16.0. The van der Waals surface area contributed by atoms with Gasteiger partial charge in [0.15, 0.2) is 0 Å². The van der Waals surface area contributed by atoms with Gasteiger partial charge >= 0.3 is 24.1 Å². The van der Waals surface area contributed by atoms with Crippen LogP contribution in [0.3, 0.4) is 0 Å². The van der Waals surface area contributed by atoms with E-state index >= 15 is 0 Å². The molecule has 0 radical (unpaired) electrons. The number of hydrogen-bond acceptors (Lipinski definition) is 19. The number of fused-ring (bicyclic) bond motifs is 4.